The number of allylic oxidation sites excluding steroid dienone is 1. The summed E-state index contributed by atoms with van der Waals surface area (Å²) in [5.41, 5.74) is -11.9. The third-order valence-electron chi connectivity index (χ3n) is 2.74. The van der Waals surface area contributed by atoms with Crippen molar-refractivity contribution in [3.63, 3.8) is 0 Å². The van der Waals surface area contributed by atoms with Crippen molar-refractivity contribution in [1.29, 1.82) is 0 Å². The number of alkyl halides is 7. The Hall–Kier alpha value is -1.28. The van der Waals surface area contributed by atoms with E-state index in [9.17, 15) is 35.5 Å². The second kappa shape index (κ2) is 4.68. The summed E-state index contributed by atoms with van der Waals surface area (Å²) in [5, 5.41) is 8.36. The van der Waals surface area contributed by atoms with Crippen LogP contribution in [0.25, 0.3) is 0 Å². The minimum Gasteiger partial charge on any atom is -0.479 e. The van der Waals surface area contributed by atoms with Gasteiger partial charge in [-0.05, 0) is 18.9 Å². The summed E-state index contributed by atoms with van der Waals surface area (Å²) >= 11 is 0. The molecule has 0 aromatic rings. The van der Waals surface area contributed by atoms with E-state index in [-0.39, 0.29) is 6.92 Å². The summed E-state index contributed by atoms with van der Waals surface area (Å²) in [6, 6.07) is 0. The fourth-order valence-corrected chi connectivity index (χ4v) is 1.47. The van der Waals surface area contributed by atoms with Gasteiger partial charge in [-0.1, -0.05) is 13.5 Å². The van der Waals surface area contributed by atoms with Crippen LogP contribution in [0.2, 0.25) is 0 Å². The predicted octanol–water partition coefficient (Wildman–Crippen LogP) is 3.67. The molecule has 0 saturated heterocycles. The molecule has 0 aliphatic rings. The number of aliphatic carboxylic acids is 1. The van der Waals surface area contributed by atoms with E-state index in [1.54, 1.807) is 0 Å². The summed E-state index contributed by atoms with van der Waals surface area (Å²) in [6.45, 7) is 3.28. The van der Waals surface area contributed by atoms with E-state index < -0.39 is 41.4 Å². The average Bonchev–Trinajstić information content (AvgIpc) is 2.23. The van der Waals surface area contributed by atoms with Gasteiger partial charge < -0.3 is 5.11 Å². The van der Waals surface area contributed by atoms with Gasteiger partial charge in [0.15, 0.2) is 0 Å². The molecule has 0 heterocycles. The van der Waals surface area contributed by atoms with Gasteiger partial charge in [0.05, 0.1) is 0 Å². The van der Waals surface area contributed by atoms with Gasteiger partial charge >= 0.3 is 18.1 Å². The fraction of sp³-hybridized carbons (Fsp3) is 0.700. The smallest absolute Gasteiger partial charge is 0.432 e. The summed E-state index contributed by atoms with van der Waals surface area (Å²) in [6.07, 6.45) is -7.77. The maximum absolute atomic E-state index is 13.8. The van der Waals surface area contributed by atoms with Crippen molar-refractivity contribution in [3.05, 3.63) is 12.2 Å². The lowest BCUT2D eigenvalue weighted by molar-refractivity contribution is -0.315. The van der Waals surface area contributed by atoms with Crippen molar-refractivity contribution in [1.82, 2.24) is 0 Å². The highest BCUT2D eigenvalue weighted by Gasteiger charge is 2.80. The van der Waals surface area contributed by atoms with E-state index in [4.69, 9.17) is 5.11 Å². The van der Waals surface area contributed by atoms with Crippen LogP contribution in [0.3, 0.4) is 0 Å². The van der Waals surface area contributed by atoms with Gasteiger partial charge in [-0.15, -0.1) is 0 Å². The molecule has 0 aliphatic heterocycles. The molecule has 0 radical (unpaired) electrons. The molecular weight excluding hydrogens is 285 g/mol. The Bertz CT molecular complexity index is 390. The highest BCUT2D eigenvalue weighted by molar-refractivity contribution is 5.79. The van der Waals surface area contributed by atoms with E-state index in [1.165, 1.54) is 0 Å². The molecule has 0 amide bonds. The van der Waals surface area contributed by atoms with E-state index in [0.29, 0.717) is 6.92 Å². The zero-order valence-electron chi connectivity index (χ0n) is 9.92. The Balaban J connectivity index is 6.26. The van der Waals surface area contributed by atoms with Crippen LogP contribution >= 0.6 is 0 Å². The Kier molecular flexibility index (Phi) is 4.36. The predicted molar refractivity (Wildman–Crippen MR) is 51.4 cm³/mol. The minimum absolute atomic E-state index is 0.277. The maximum Gasteiger partial charge on any atom is 0.432 e. The summed E-state index contributed by atoms with van der Waals surface area (Å²) in [7, 11) is 0. The van der Waals surface area contributed by atoms with E-state index >= 15 is 0 Å². The molecule has 0 bridgehead atoms. The molecule has 0 spiro atoms. The highest BCUT2D eigenvalue weighted by atomic mass is 19.4. The SMILES string of the molecule is C=C(C)C(F)(C(F)(F)F)C(F)(F)C(F)(CC)C(=O)O. The lowest BCUT2D eigenvalue weighted by Gasteiger charge is -2.40. The number of hydrogen-bond donors (Lipinski definition) is 1. The Morgan fingerprint density at radius 3 is 1.63 bits per heavy atom. The van der Waals surface area contributed by atoms with Crippen molar-refractivity contribution in [3.8, 4) is 0 Å². The molecule has 0 aromatic carbocycles. The van der Waals surface area contributed by atoms with E-state index in [1.807, 2.05) is 0 Å². The standard InChI is InChI=1S/C10H11F7O2/c1-4-7(11,6(18)19)9(13,14)8(12,5(2)3)10(15,16)17/h2,4H2,1,3H3,(H,18,19). The molecular formula is C10H11F7O2. The van der Waals surface area contributed by atoms with Gasteiger partial charge in [0.2, 0.25) is 0 Å². The summed E-state index contributed by atoms with van der Waals surface area (Å²) in [5.74, 6) is -8.75. The Labute approximate surface area is 103 Å². The normalized spacial score (nSPS) is 19.4. The van der Waals surface area contributed by atoms with Crippen LogP contribution in [-0.4, -0.2) is 34.5 Å². The van der Waals surface area contributed by atoms with Gasteiger partial charge in [0.25, 0.3) is 11.3 Å². The molecule has 0 saturated carbocycles. The molecule has 2 atom stereocenters. The molecule has 9 heteroatoms. The van der Waals surface area contributed by atoms with Gasteiger partial charge in [0, 0.05) is 0 Å². The van der Waals surface area contributed by atoms with E-state index in [0.717, 1.165) is 0 Å². The number of halogens is 7. The number of carboxylic acid groups (broad SMARTS) is 1. The van der Waals surface area contributed by atoms with Gasteiger partial charge in [-0.25, -0.2) is 13.6 Å². The van der Waals surface area contributed by atoms with Crippen LogP contribution in [0.1, 0.15) is 20.3 Å². The number of carboxylic acids is 1. The van der Waals surface area contributed by atoms with Gasteiger partial charge in [-0.3, -0.25) is 0 Å². The number of carbonyl (C=O) groups is 1. The largest absolute Gasteiger partial charge is 0.479 e. The van der Waals surface area contributed by atoms with Gasteiger partial charge in [-0.2, -0.15) is 22.0 Å². The first-order valence-electron chi connectivity index (χ1n) is 4.91. The quantitative estimate of drug-likeness (QED) is 0.621. The molecule has 2 unspecified atom stereocenters. The van der Waals surface area contributed by atoms with Crippen LogP contribution in [0.15, 0.2) is 12.2 Å². The molecule has 112 valence electrons. The van der Waals surface area contributed by atoms with Crippen LogP contribution in [0, 0.1) is 0 Å². The van der Waals surface area contributed by atoms with Crippen molar-refractivity contribution in [2.75, 3.05) is 0 Å². The maximum atomic E-state index is 13.8. The first-order valence-corrected chi connectivity index (χ1v) is 4.91. The second-order valence-corrected chi connectivity index (χ2v) is 3.97. The van der Waals surface area contributed by atoms with Gasteiger partial charge in [0.1, 0.15) is 0 Å². The average molecular weight is 296 g/mol. The Morgan fingerprint density at radius 2 is 1.47 bits per heavy atom. The van der Waals surface area contributed by atoms with Crippen LogP contribution in [0.4, 0.5) is 30.7 Å². The van der Waals surface area contributed by atoms with Crippen LogP contribution < -0.4 is 0 Å². The third kappa shape index (κ3) is 2.18. The molecule has 0 rings (SSSR count). The summed E-state index contributed by atoms with van der Waals surface area (Å²) < 4.78 is 92.2. The zero-order chi connectivity index (χ0) is 15.9. The van der Waals surface area contributed by atoms with Crippen molar-refractivity contribution >= 4 is 5.97 Å². The lowest BCUT2D eigenvalue weighted by atomic mass is 9.79. The zero-order valence-corrected chi connectivity index (χ0v) is 9.92. The Morgan fingerprint density at radius 1 is 1.11 bits per heavy atom. The number of hydrogen-bond acceptors (Lipinski definition) is 1. The van der Waals surface area contributed by atoms with Crippen molar-refractivity contribution < 1.29 is 40.6 Å². The molecule has 1 N–H and O–H groups in total. The third-order valence-corrected chi connectivity index (χ3v) is 2.74. The summed E-state index contributed by atoms with van der Waals surface area (Å²) in [4.78, 5) is 10.5. The van der Waals surface area contributed by atoms with Crippen LogP contribution in [0.5, 0.6) is 0 Å². The first kappa shape index (κ1) is 17.7. The van der Waals surface area contributed by atoms with E-state index in [2.05, 4.69) is 6.58 Å². The molecule has 0 aromatic heterocycles. The highest BCUT2D eigenvalue weighted by Crippen LogP contribution is 2.55. The van der Waals surface area contributed by atoms with Crippen LogP contribution in [-0.2, 0) is 4.79 Å². The first-order chi connectivity index (χ1) is 8.20. The van der Waals surface area contributed by atoms with Crippen molar-refractivity contribution in [2.24, 2.45) is 0 Å². The fourth-order valence-electron chi connectivity index (χ4n) is 1.47. The van der Waals surface area contributed by atoms with Crippen molar-refractivity contribution in [2.45, 2.75) is 43.7 Å². The topological polar surface area (TPSA) is 37.3 Å². The lowest BCUT2D eigenvalue weighted by Crippen LogP contribution is -2.67. The number of rotatable bonds is 5. The second-order valence-electron chi connectivity index (χ2n) is 3.97. The minimum atomic E-state index is -6.22. The molecule has 19 heavy (non-hydrogen) atoms. The monoisotopic (exact) mass is 296 g/mol. The molecule has 2 nitrogen and oxygen atoms in total. The molecule has 0 aliphatic carbocycles. The molecule has 0 fully saturated rings.